The van der Waals surface area contributed by atoms with E-state index in [0.717, 1.165) is 18.8 Å². The van der Waals surface area contributed by atoms with E-state index < -0.39 is 5.41 Å². The average Bonchev–Trinajstić information content (AvgIpc) is 2.73. The van der Waals surface area contributed by atoms with Gasteiger partial charge in [0.1, 0.15) is 5.41 Å². The van der Waals surface area contributed by atoms with E-state index in [1.54, 1.807) is 43.0 Å². The molecule has 0 aromatic heterocycles. The second kappa shape index (κ2) is 8.36. The normalized spacial score (nSPS) is 14.3. The van der Waals surface area contributed by atoms with E-state index in [2.05, 4.69) is 35.3 Å². The molecular weight excluding hydrogens is 364 g/mol. The Morgan fingerprint density at radius 3 is 2.28 bits per heavy atom. The van der Waals surface area contributed by atoms with E-state index in [1.807, 2.05) is 12.1 Å². The number of benzene rings is 2. The second-order valence-electron chi connectivity index (χ2n) is 7.89. The number of nitrogens with zero attached hydrogens (tertiary/aromatic N) is 3. The number of nitrogens with one attached hydrogen (secondary N) is 1. The fraction of sp³-hybridized carbons (Fsp3) is 0.348. The fourth-order valence-corrected chi connectivity index (χ4v) is 3.40. The van der Waals surface area contributed by atoms with Crippen LogP contribution in [0.3, 0.4) is 0 Å². The van der Waals surface area contributed by atoms with E-state index in [-0.39, 0.29) is 11.8 Å². The minimum Gasteiger partial charge on any atom is -0.368 e. The summed E-state index contributed by atoms with van der Waals surface area (Å²) < 4.78 is 0. The van der Waals surface area contributed by atoms with Crippen LogP contribution in [0.2, 0.25) is 0 Å². The van der Waals surface area contributed by atoms with Crippen molar-refractivity contribution in [3.63, 3.8) is 0 Å². The molecule has 0 bridgehead atoms. The first-order chi connectivity index (χ1) is 13.8. The topological polar surface area (TPSA) is 76.4 Å². The second-order valence-corrected chi connectivity index (χ2v) is 7.89. The first kappa shape index (κ1) is 20.4. The van der Waals surface area contributed by atoms with Crippen molar-refractivity contribution in [3.05, 3.63) is 59.7 Å². The molecule has 29 heavy (non-hydrogen) atoms. The van der Waals surface area contributed by atoms with Crippen molar-refractivity contribution in [1.82, 2.24) is 4.90 Å². The number of carbonyl (C=O) groups excluding carboxylic acids is 2. The number of rotatable bonds is 4. The Labute approximate surface area is 171 Å². The van der Waals surface area contributed by atoms with Crippen molar-refractivity contribution in [3.8, 4) is 6.07 Å². The number of nitriles is 1. The van der Waals surface area contributed by atoms with Gasteiger partial charge in [-0.3, -0.25) is 9.59 Å². The maximum Gasteiger partial charge on any atom is 0.239 e. The first-order valence-corrected chi connectivity index (χ1v) is 9.74. The van der Waals surface area contributed by atoms with Crippen LogP contribution in [0.1, 0.15) is 25.0 Å². The van der Waals surface area contributed by atoms with Crippen LogP contribution in [-0.2, 0) is 9.59 Å². The Morgan fingerprint density at radius 1 is 1.03 bits per heavy atom. The molecule has 6 heteroatoms. The number of piperazine rings is 1. The van der Waals surface area contributed by atoms with Crippen LogP contribution in [0.5, 0.6) is 0 Å². The lowest BCUT2D eigenvalue weighted by atomic mass is 9.89. The van der Waals surface area contributed by atoms with Gasteiger partial charge in [-0.2, -0.15) is 5.26 Å². The minimum atomic E-state index is -1.18. The Kier molecular flexibility index (Phi) is 5.88. The van der Waals surface area contributed by atoms with Gasteiger partial charge in [0.2, 0.25) is 11.8 Å². The Bertz CT molecular complexity index is 936. The average molecular weight is 390 g/mol. The van der Waals surface area contributed by atoms with Gasteiger partial charge in [0, 0.05) is 37.6 Å². The summed E-state index contributed by atoms with van der Waals surface area (Å²) in [7, 11) is 0. The number of aryl methyl sites for hydroxylation is 1. The number of anilines is 2. The lowest BCUT2D eigenvalue weighted by Crippen LogP contribution is -2.54. The molecule has 0 aliphatic carbocycles. The quantitative estimate of drug-likeness (QED) is 0.814. The highest BCUT2D eigenvalue weighted by atomic mass is 16.2. The van der Waals surface area contributed by atoms with Crippen molar-refractivity contribution in [2.45, 2.75) is 20.8 Å². The molecule has 1 aliphatic heterocycles. The number of carbonyl (C=O) groups is 2. The summed E-state index contributed by atoms with van der Waals surface area (Å²) >= 11 is 0. The molecule has 0 unspecified atom stereocenters. The molecule has 3 rings (SSSR count). The van der Waals surface area contributed by atoms with Crippen LogP contribution in [0.4, 0.5) is 11.4 Å². The molecule has 0 spiro atoms. The number of amides is 2. The van der Waals surface area contributed by atoms with Crippen molar-refractivity contribution in [2.24, 2.45) is 5.41 Å². The molecule has 0 atom stereocenters. The van der Waals surface area contributed by atoms with Crippen LogP contribution >= 0.6 is 0 Å². The zero-order valence-electron chi connectivity index (χ0n) is 17.1. The summed E-state index contributed by atoms with van der Waals surface area (Å²) in [5.41, 5.74) is 2.28. The molecular formula is C23H26N4O2. The lowest BCUT2D eigenvalue weighted by molar-refractivity contribution is -0.146. The highest BCUT2D eigenvalue weighted by molar-refractivity contribution is 6.09. The highest BCUT2D eigenvalue weighted by Gasteiger charge is 2.40. The van der Waals surface area contributed by atoms with Gasteiger partial charge in [0.15, 0.2) is 0 Å². The van der Waals surface area contributed by atoms with Gasteiger partial charge < -0.3 is 15.1 Å². The van der Waals surface area contributed by atoms with Crippen LogP contribution < -0.4 is 10.2 Å². The van der Waals surface area contributed by atoms with Crippen LogP contribution in [0, 0.1) is 23.7 Å². The van der Waals surface area contributed by atoms with Gasteiger partial charge in [0.25, 0.3) is 0 Å². The molecule has 2 amide bonds. The monoisotopic (exact) mass is 390 g/mol. The van der Waals surface area contributed by atoms with Crippen LogP contribution in [-0.4, -0.2) is 42.9 Å². The summed E-state index contributed by atoms with van der Waals surface area (Å²) in [6.45, 7) is 8.02. The van der Waals surface area contributed by atoms with Crippen molar-refractivity contribution >= 4 is 23.2 Å². The molecule has 1 heterocycles. The number of hydrogen-bond acceptors (Lipinski definition) is 4. The van der Waals surface area contributed by atoms with Gasteiger partial charge in [-0.15, -0.1) is 0 Å². The summed E-state index contributed by atoms with van der Waals surface area (Å²) in [5, 5.41) is 11.7. The Hall–Kier alpha value is -3.33. The standard InChI is InChI=1S/C23H26N4O2/c1-17-5-4-6-20(15-17)26-11-13-27(14-12-26)22(29)23(2,3)21(28)25-19-9-7-18(16-24)8-10-19/h4-10,15H,11-14H2,1-3H3,(H,25,28). The van der Waals surface area contributed by atoms with E-state index in [1.165, 1.54) is 5.56 Å². The summed E-state index contributed by atoms with van der Waals surface area (Å²) in [6.07, 6.45) is 0. The van der Waals surface area contributed by atoms with Crippen LogP contribution in [0.15, 0.2) is 48.5 Å². The van der Waals surface area contributed by atoms with Gasteiger partial charge in [0.05, 0.1) is 11.6 Å². The molecule has 1 N–H and O–H groups in total. The van der Waals surface area contributed by atoms with E-state index in [9.17, 15) is 9.59 Å². The maximum atomic E-state index is 13.1. The molecule has 2 aromatic carbocycles. The predicted molar refractivity (Wildman–Crippen MR) is 114 cm³/mol. The SMILES string of the molecule is Cc1cccc(N2CCN(C(=O)C(C)(C)C(=O)Nc3ccc(C#N)cc3)CC2)c1. The third-order valence-corrected chi connectivity index (χ3v) is 5.31. The molecule has 1 saturated heterocycles. The molecule has 1 fully saturated rings. The van der Waals surface area contributed by atoms with Crippen molar-refractivity contribution < 1.29 is 9.59 Å². The van der Waals surface area contributed by atoms with E-state index in [4.69, 9.17) is 5.26 Å². The third kappa shape index (κ3) is 4.57. The molecule has 6 nitrogen and oxygen atoms in total. The minimum absolute atomic E-state index is 0.174. The predicted octanol–water partition coefficient (Wildman–Crippen LogP) is 3.18. The van der Waals surface area contributed by atoms with Gasteiger partial charge in [-0.25, -0.2) is 0 Å². The zero-order chi connectivity index (χ0) is 21.0. The number of hydrogen-bond donors (Lipinski definition) is 1. The summed E-state index contributed by atoms with van der Waals surface area (Å²) in [5.74, 6) is -0.527. The Balaban J connectivity index is 1.61. The highest BCUT2D eigenvalue weighted by Crippen LogP contribution is 2.24. The third-order valence-electron chi connectivity index (χ3n) is 5.31. The van der Waals surface area contributed by atoms with Crippen molar-refractivity contribution in [1.29, 1.82) is 5.26 Å². The molecule has 2 aromatic rings. The molecule has 150 valence electrons. The summed E-state index contributed by atoms with van der Waals surface area (Å²) in [6, 6.07) is 17.0. The van der Waals surface area contributed by atoms with Gasteiger partial charge in [-0.05, 0) is 62.7 Å². The maximum absolute atomic E-state index is 13.1. The van der Waals surface area contributed by atoms with Crippen LogP contribution in [0.25, 0.3) is 0 Å². The first-order valence-electron chi connectivity index (χ1n) is 9.74. The van der Waals surface area contributed by atoms with Gasteiger partial charge in [-0.1, -0.05) is 12.1 Å². The molecule has 0 saturated carbocycles. The Morgan fingerprint density at radius 2 is 1.69 bits per heavy atom. The molecule has 0 radical (unpaired) electrons. The zero-order valence-corrected chi connectivity index (χ0v) is 17.1. The lowest BCUT2D eigenvalue weighted by Gasteiger charge is -2.39. The molecule has 1 aliphatic rings. The van der Waals surface area contributed by atoms with Crippen molar-refractivity contribution in [2.75, 3.05) is 36.4 Å². The van der Waals surface area contributed by atoms with E-state index >= 15 is 0 Å². The van der Waals surface area contributed by atoms with Gasteiger partial charge >= 0.3 is 0 Å². The largest absolute Gasteiger partial charge is 0.368 e. The summed E-state index contributed by atoms with van der Waals surface area (Å²) in [4.78, 5) is 29.8. The van der Waals surface area contributed by atoms with E-state index in [0.29, 0.717) is 24.3 Å². The smallest absolute Gasteiger partial charge is 0.239 e. The fourth-order valence-electron chi connectivity index (χ4n) is 3.40.